The Morgan fingerprint density at radius 3 is 2.83 bits per heavy atom. The maximum Gasteiger partial charge on any atom is 0.228 e. The van der Waals surface area contributed by atoms with Crippen molar-refractivity contribution in [3.05, 3.63) is 16.1 Å². The van der Waals surface area contributed by atoms with Gasteiger partial charge in [-0.25, -0.2) is 4.98 Å². The topological polar surface area (TPSA) is 59.2 Å². The lowest BCUT2D eigenvalue weighted by Gasteiger charge is -2.14. The van der Waals surface area contributed by atoms with E-state index in [4.69, 9.17) is 5.73 Å². The van der Waals surface area contributed by atoms with Crippen molar-refractivity contribution in [1.82, 2.24) is 9.88 Å². The predicted molar refractivity (Wildman–Crippen MR) is 78.9 cm³/mol. The maximum absolute atomic E-state index is 11.9. The molecule has 0 spiro atoms. The number of amides is 1. The number of rotatable bonds is 3. The van der Waals surface area contributed by atoms with Gasteiger partial charge in [0.2, 0.25) is 5.91 Å². The summed E-state index contributed by atoms with van der Waals surface area (Å²) in [6.07, 6.45) is 2.28. The van der Waals surface area contributed by atoms with Crippen LogP contribution in [0.4, 0.5) is 0 Å². The molecule has 2 heterocycles. The van der Waals surface area contributed by atoms with E-state index in [1.807, 2.05) is 10.3 Å². The minimum absolute atomic E-state index is 0. The number of hydrogen-bond acceptors (Lipinski definition) is 4. The van der Waals surface area contributed by atoms with Crippen molar-refractivity contribution in [2.24, 2.45) is 5.73 Å². The normalized spacial score (nSPS) is 18.1. The Morgan fingerprint density at radius 2 is 2.33 bits per heavy atom. The molecule has 1 aromatic heterocycles. The van der Waals surface area contributed by atoms with E-state index in [1.54, 1.807) is 11.3 Å². The first kappa shape index (κ1) is 17.6. The summed E-state index contributed by atoms with van der Waals surface area (Å²) >= 11 is 1.63. The van der Waals surface area contributed by atoms with Crippen LogP contribution < -0.4 is 5.73 Å². The number of carbonyl (C=O) groups is 1. The molecule has 1 amide bonds. The maximum atomic E-state index is 11.9. The highest BCUT2D eigenvalue weighted by Crippen LogP contribution is 2.13. The lowest BCUT2D eigenvalue weighted by atomic mass is 10.3. The molecule has 104 valence electrons. The van der Waals surface area contributed by atoms with E-state index in [0.29, 0.717) is 13.0 Å². The number of halogens is 2. The van der Waals surface area contributed by atoms with Crippen molar-refractivity contribution in [2.75, 3.05) is 13.1 Å². The van der Waals surface area contributed by atoms with Gasteiger partial charge < -0.3 is 10.6 Å². The quantitative estimate of drug-likeness (QED) is 0.923. The molecule has 2 N–H and O–H groups in total. The van der Waals surface area contributed by atoms with Crippen LogP contribution in [0.3, 0.4) is 0 Å². The number of carbonyl (C=O) groups excluding carboxylic acids is 1. The molecule has 1 unspecified atom stereocenters. The highest BCUT2D eigenvalue weighted by Gasteiger charge is 2.23. The fourth-order valence-corrected chi connectivity index (χ4v) is 2.62. The van der Waals surface area contributed by atoms with Crippen LogP contribution in [0.2, 0.25) is 0 Å². The Kier molecular flexibility index (Phi) is 7.78. The van der Waals surface area contributed by atoms with Crippen molar-refractivity contribution >= 4 is 42.1 Å². The zero-order valence-electron chi connectivity index (χ0n) is 10.3. The zero-order chi connectivity index (χ0) is 11.5. The molecule has 1 atom stereocenters. The monoisotopic (exact) mass is 311 g/mol. The predicted octanol–water partition coefficient (Wildman–Crippen LogP) is 1.65. The second kappa shape index (κ2) is 7.94. The Bertz CT molecular complexity index is 386. The van der Waals surface area contributed by atoms with Gasteiger partial charge >= 0.3 is 0 Å². The lowest BCUT2D eigenvalue weighted by molar-refractivity contribution is -0.129. The van der Waals surface area contributed by atoms with Crippen molar-refractivity contribution in [1.29, 1.82) is 0 Å². The molecule has 0 aromatic carbocycles. The van der Waals surface area contributed by atoms with Crippen molar-refractivity contribution < 1.29 is 4.79 Å². The largest absolute Gasteiger partial charge is 0.341 e. The summed E-state index contributed by atoms with van der Waals surface area (Å²) in [4.78, 5) is 18.1. The van der Waals surface area contributed by atoms with Gasteiger partial charge in [0.05, 0.1) is 17.1 Å². The lowest BCUT2D eigenvalue weighted by Crippen LogP contribution is -2.32. The van der Waals surface area contributed by atoms with E-state index in [-0.39, 0.29) is 36.8 Å². The Labute approximate surface area is 124 Å². The molecule has 1 aliphatic rings. The minimum atomic E-state index is 0. The first-order valence-electron chi connectivity index (χ1n) is 5.65. The minimum Gasteiger partial charge on any atom is -0.341 e. The van der Waals surface area contributed by atoms with Crippen molar-refractivity contribution in [3.63, 3.8) is 0 Å². The standard InChI is InChI=1S/C11H17N3OS.2ClH/c1-2-10-13-9(7-16-10)5-11(15)14-4-3-8(12)6-14;;/h7-8H,2-6,12H2,1H3;2*1H. The van der Waals surface area contributed by atoms with Crippen LogP contribution in [-0.4, -0.2) is 34.9 Å². The van der Waals surface area contributed by atoms with E-state index in [1.165, 1.54) is 0 Å². The van der Waals surface area contributed by atoms with Gasteiger partial charge in [-0.3, -0.25) is 4.79 Å². The van der Waals surface area contributed by atoms with Gasteiger partial charge in [0.1, 0.15) is 0 Å². The molecule has 1 aromatic rings. The third-order valence-electron chi connectivity index (χ3n) is 2.81. The van der Waals surface area contributed by atoms with E-state index < -0.39 is 0 Å². The van der Waals surface area contributed by atoms with E-state index in [0.717, 1.165) is 30.1 Å². The number of hydrogen-bond donors (Lipinski definition) is 1. The number of likely N-dealkylation sites (tertiary alicyclic amines) is 1. The van der Waals surface area contributed by atoms with Crippen LogP contribution in [-0.2, 0) is 17.6 Å². The fourth-order valence-electron chi connectivity index (χ4n) is 1.87. The number of nitrogens with two attached hydrogens (primary N) is 1. The van der Waals surface area contributed by atoms with Crippen LogP contribution in [0, 0.1) is 0 Å². The van der Waals surface area contributed by atoms with Crippen LogP contribution in [0.15, 0.2) is 5.38 Å². The van der Waals surface area contributed by atoms with Crippen LogP contribution in [0.25, 0.3) is 0 Å². The molecule has 4 nitrogen and oxygen atoms in total. The first-order chi connectivity index (χ1) is 7.69. The molecular weight excluding hydrogens is 293 g/mol. The summed E-state index contributed by atoms with van der Waals surface area (Å²) in [5.74, 6) is 0.154. The molecule has 7 heteroatoms. The Balaban J connectivity index is 0.00000144. The summed E-state index contributed by atoms with van der Waals surface area (Å²) in [5, 5.41) is 3.08. The zero-order valence-corrected chi connectivity index (χ0v) is 12.7. The molecule has 1 fully saturated rings. The molecule has 0 aliphatic carbocycles. The summed E-state index contributed by atoms with van der Waals surface area (Å²) < 4.78 is 0. The summed E-state index contributed by atoms with van der Waals surface area (Å²) in [6, 6.07) is 0.158. The molecule has 0 bridgehead atoms. The van der Waals surface area contributed by atoms with E-state index in [2.05, 4.69) is 11.9 Å². The second-order valence-electron chi connectivity index (χ2n) is 4.15. The average Bonchev–Trinajstić information content (AvgIpc) is 2.87. The number of thiazole rings is 1. The summed E-state index contributed by atoms with van der Waals surface area (Å²) in [7, 11) is 0. The van der Waals surface area contributed by atoms with Gasteiger partial charge in [-0.2, -0.15) is 0 Å². The third-order valence-corrected chi connectivity index (χ3v) is 3.85. The van der Waals surface area contributed by atoms with Crippen molar-refractivity contribution in [3.8, 4) is 0 Å². The SMILES string of the molecule is CCc1nc(CC(=O)N2CCC(N)C2)cs1.Cl.Cl. The number of aromatic nitrogens is 1. The van der Waals surface area contributed by atoms with E-state index in [9.17, 15) is 4.79 Å². The molecule has 1 aliphatic heterocycles. The number of aryl methyl sites for hydroxylation is 1. The van der Waals surface area contributed by atoms with Crippen LogP contribution in [0.5, 0.6) is 0 Å². The van der Waals surface area contributed by atoms with Gasteiger partial charge in [-0.05, 0) is 12.8 Å². The molecule has 2 rings (SSSR count). The fraction of sp³-hybridized carbons (Fsp3) is 0.636. The van der Waals surface area contributed by atoms with Crippen molar-refractivity contribution in [2.45, 2.75) is 32.2 Å². The third kappa shape index (κ3) is 4.39. The first-order valence-corrected chi connectivity index (χ1v) is 6.53. The average molecular weight is 312 g/mol. The summed E-state index contributed by atoms with van der Waals surface area (Å²) in [6.45, 7) is 3.57. The van der Waals surface area contributed by atoms with Crippen LogP contribution >= 0.6 is 36.2 Å². The van der Waals surface area contributed by atoms with Gasteiger partial charge in [0.15, 0.2) is 0 Å². The van der Waals surface area contributed by atoms with Gasteiger partial charge in [0, 0.05) is 24.5 Å². The smallest absolute Gasteiger partial charge is 0.228 e. The molecule has 1 saturated heterocycles. The van der Waals surface area contributed by atoms with Gasteiger partial charge in [-0.15, -0.1) is 36.2 Å². The molecular formula is C11H19Cl2N3OS. The highest BCUT2D eigenvalue weighted by atomic mass is 35.5. The van der Waals surface area contributed by atoms with Gasteiger partial charge in [0.25, 0.3) is 0 Å². The Morgan fingerprint density at radius 1 is 1.61 bits per heavy atom. The second-order valence-corrected chi connectivity index (χ2v) is 5.09. The molecule has 0 radical (unpaired) electrons. The van der Waals surface area contributed by atoms with Gasteiger partial charge in [-0.1, -0.05) is 6.92 Å². The highest BCUT2D eigenvalue weighted by molar-refractivity contribution is 7.09. The summed E-state index contributed by atoms with van der Waals surface area (Å²) in [5.41, 5.74) is 6.67. The molecule has 18 heavy (non-hydrogen) atoms. The Hall–Kier alpha value is -0.360. The van der Waals surface area contributed by atoms with Crippen LogP contribution in [0.1, 0.15) is 24.0 Å². The number of nitrogens with zero attached hydrogens (tertiary/aromatic N) is 2. The molecule has 0 saturated carbocycles. The van der Waals surface area contributed by atoms with E-state index >= 15 is 0 Å².